The monoisotopic (exact) mass is 272 g/mol. The summed E-state index contributed by atoms with van der Waals surface area (Å²) in [6, 6.07) is 10.6. The molecule has 4 nitrogen and oxygen atoms in total. The number of nitrogens with two attached hydrogens (primary N) is 1. The maximum atomic E-state index is 13.8. The second-order valence-corrected chi connectivity index (χ2v) is 4.84. The van der Waals surface area contributed by atoms with Crippen LogP contribution < -0.4 is 15.5 Å². The van der Waals surface area contributed by atoms with Gasteiger partial charge in [0.1, 0.15) is 5.82 Å². The molecule has 0 bridgehead atoms. The van der Waals surface area contributed by atoms with E-state index in [1.165, 1.54) is 6.07 Å². The molecule has 0 aliphatic carbocycles. The molecular weight excluding hydrogens is 255 g/mol. The van der Waals surface area contributed by atoms with Gasteiger partial charge in [0, 0.05) is 32.4 Å². The molecule has 2 N–H and O–H groups in total. The van der Waals surface area contributed by atoms with E-state index in [2.05, 4.69) is 14.8 Å². The van der Waals surface area contributed by atoms with Crippen LogP contribution in [0.1, 0.15) is 0 Å². The summed E-state index contributed by atoms with van der Waals surface area (Å²) in [5, 5.41) is 0. The third-order valence-corrected chi connectivity index (χ3v) is 3.59. The molecule has 0 radical (unpaired) electrons. The fourth-order valence-corrected chi connectivity index (χ4v) is 2.54. The number of anilines is 3. The average molecular weight is 272 g/mol. The Kier molecular flexibility index (Phi) is 3.41. The van der Waals surface area contributed by atoms with E-state index in [4.69, 9.17) is 5.73 Å². The molecule has 1 aromatic carbocycles. The predicted molar refractivity (Wildman–Crippen MR) is 79.5 cm³/mol. The minimum absolute atomic E-state index is 0.168. The van der Waals surface area contributed by atoms with E-state index < -0.39 is 0 Å². The van der Waals surface area contributed by atoms with Crippen molar-refractivity contribution in [3.8, 4) is 0 Å². The molecule has 0 amide bonds. The molecule has 1 fully saturated rings. The molecule has 1 saturated heterocycles. The molecule has 0 saturated carbocycles. The maximum absolute atomic E-state index is 13.8. The van der Waals surface area contributed by atoms with E-state index in [9.17, 15) is 4.39 Å². The lowest BCUT2D eigenvalue weighted by atomic mass is 10.2. The second-order valence-electron chi connectivity index (χ2n) is 4.84. The van der Waals surface area contributed by atoms with Gasteiger partial charge in [-0.1, -0.05) is 12.1 Å². The maximum Gasteiger partial charge on any atom is 0.151 e. The van der Waals surface area contributed by atoms with Crippen LogP contribution in [0, 0.1) is 5.82 Å². The first-order chi connectivity index (χ1) is 9.75. The van der Waals surface area contributed by atoms with E-state index in [0.717, 1.165) is 32.0 Å². The van der Waals surface area contributed by atoms with Crippen molar-refractivity contribution in [2.45, 2.75) is 0 Å². The summed E-state index contributed by atoms with van der Waals surface area (Å²) in [5.74, 6) is 0.652. The zero-order valence-electron chi connectivity index (χ0n) is 11.2. The number of benzene rings is 1. The lowest BCUT2D eigenvalue weighted by molar-refractivity contribution is 0.596. The Labute approximate surface area is 117 Å². The molecular formula is C15H17FN4. The number of aromatic nitrogens is 1. The predicted octanol–water partition coefficient (Wildman–Crippen LogP) is 2.13. The van der Waals surface area contributed by atoms with Gasteiger partial charge in [-0.3, -0.25) is 0 Å². The molecule has 20 heavy (non-hydrogen) atoms. The first-order valence-corrected chi connectivity index (χ1v) is 6.70. The molecule has 1 aliphatic rings. The lowest BCUT2D eigenvalue weighted by Gasteiger charge is -2.37. The van der Waals surface area contributed by atoms with Crippen molar-refractivity contribution in [1.82, 2.24) is 4.98 Å². The summed E-state index contributed by atoms with van der Waals surface area (Å²) in [6.07, 6.45) is 1.74. The van der Waals surface area contributed by atoms with Gasteiger partial charge in [0.15, 0.2) is 5.82 Å². The van der Waals surface area contributed by atoms with Crippen molar-refractivity contribution in [1.29, 1.82) is 0 Å². The van der Waals surface area contributed by atoms with Crippen LogP contribution in [0.15, 0.2) is 42.6 Å². The summed E-state index contributed by atoms with van der Waals surface area (Å²) in [6.45, 7) is 3.10. The summed E-state index contributed by atoms with van der Waals surface area (Å²) < 4.78 is 13.8. The number of hydrogen-bond acceptors (Lipinski definition) is 4. The lowest BCUT2D eigenvalue weighted by Crippen LogP contribution is -2.47. The van der Waals surface area contributed by atoms with Gasteiger partial charge in [-0.05, 0) is 24.3 Å². The Morgan fingerprint density at radius 2 is 1.65 bits per heavy atom. The molecule has 0 unspecified atom stereocenters. The van der Waals surface area contributed by atoms with Gasteiger partial charge in [0.05, 0.1) is 11.4 Å². The first-order valence-electron chi connectivity index (χ1n) is 6.70. The Balaban J connectivity index is 1.72. The molecule has 5 heteroatoms. The molecule has 104 valence electrons. The highest BCUT2D eigenvalue weighted by Gasteiger charge is 2.21. The van der Waals surface area contributed by atoms with Crippen LogP contribution in [0.4, 0.5) is 21.6 Å². The molecule has 0 spiro atoms. The van der Waals surface area contributed by atoms with Gasteiger partial charge in [-0.15, -0.1) is 0 Å². The van der Waals surface area contributed by atoms with Crippen molar-refractivity contribution in [3.63, 3.8) is 0 Å². The van der Waals surface area contributed by atoms with E-state index in [1.54, 1.807) is 12.3 Å². The summed E-state index contributed by atoms with van der Waals surface area (Å²) >= 11 is 0. The van der Waals surface area contributed by atoms with Gasteiger partial charge >= 0.3 is 0 Å². The normalized spacial score (nSPS) is 15.4. The molecule has 1 aliphatic heterocycles. The van der Waals surface area contributed by atoms with E-state index in [1.807, 2.05) is 24.3 Å². The second kappa shape index (κ2) is 5.36. The SMILES string of the molecule is Nc1cccnc1N1CCN(c2ccccc2F)CC1. The Morgan fingerprint density at radius 3 is 2.35 bits per heavy atom. The number of pyridine rings is 1. The van der Waals surface area contributed by atoms with Crippen molar-refractivity contribution >= 4 is 17.2 Å². The van der Waals surface area contributed by atoms with Crippen molar-refractivity contribution in [2.24, 2.45) is 0 Å². The van der Waals surface area contributed by atoms with Crippen molar-refractivity contribution < 1.29 is 4.39 Å². The third kappa shape index (κ3) is 2.39. The summed E-state index contributed by atoms with van der Waals surface area (Å²) in [5.41, 5.74) is 7.30. The van der Waals surface area contributed by atoms with Crippen LogP contribution in [0.3, 0.4) is 0 Å². The highest BCUT2D eigenvalue weighted by Crippen LogP contribution is 2.24. The number of para-hydroxylation sites is 1. The van der Waals surface area contributed by atoms with Gasteiger partial charge in [0.2, 0.25) is 0 Å². The quantitative estimate of drug-likeness (QED) is 0.909. The zero-order valence-corrected chi connectivity index (χ0v) is 11.2. The number of piperazine rings is 1. The first kappa shape index (κ1) is 12.7. The van der Waals surface area contributed by atoms with Crippen LogP contribution >= 0.6 is 0 Å². The number of nitrogen functional groups attached to an aromatic ring is 1. The van der Waals surface area contributed by atoms with Crippen LogP contribution in [0.2, 0.25) is 0 Å². The van der Waals surface area contributed by atoms with E-state index in [-0.39, 0.29) is 5.82 Å². The van der Waals surface area contributed by atoms with Gasteiger partial charge in [-0.25, -0.2) is 9.37 Å². The zero-order chi connectivity index (χ0) is 13.9. The van der Waals surface area contributed by atoms with Crippen LogP contribution in [-0.4, -0.2) is 31.2 Å². The molecule has 1 aromatic heterocycles. The van der Waals surface area contributed by atoms with E-state index in [0.29, 0.717) is 11.4 Å². The Hall–Kier alpha value is -2.30. The minimum atomic E-state index is -0.168. The number of halogens is 1. The molecule has 0 atom stereocenters. The van der Waals surface area contributed by atoms with Crippen molar-refractivity contribution in [3.05, 3.63) is 48.4 Å². The fraction of sp³-hybridized carbons (Fsp3) is 0.267. The van der Waals surface area contributed by atoms with Crippen LogP contribution in [0.5, 0.6) is 0 Å². The molecule has 3 rings (SSSR count). The largest absolute Gasteiger partial charge is 0.396 e. The molecule has 2 aromatic rings. The fourth-order valence-electron chi connectivity index (χ4n) is 2.54. The Bertz CT molecular complexity index is 540. The number of hydrogen-bond donors (Lipinski definition) is 1. The standard InChI is InChI=1S/C15H17FN4/c16-12-4-1-2-6-14(12)19-8-10-20(11-9-19)15-13(17)5-3-7-18-15/h1-7H,8-11,17H2. The van der Waals surface area contributed by atoms with Gasteiger partial charge in [0.25, 0.3) is 0 Å². The van der Waals surface area contributed by atoms with Crippen LogP contribution in [-0.2, 0) is 0 Å². The van der Waals surface area contributed by atoms with E-state index >= 15 is 0 Å². The van der Waals surface area contributed by atoms with Crippen molar-refractivity contribution in [2.75, 3.05) is 41.7 Å². The third-order valence-electron chi connectivity index (χ3n) is 3.59. The van der Waals surface area contributed by atoms with Gasteiger partial charge in [-0.2, -0.15) is 0 Å². The smallest absolute Gasteiger partial charge is 0.151 e. The highest BCUT2D eigenvalue weighted by molar-refractivity contribution is 5.63. The minimum Gasteiger partial charge on any atom is -0.396 e. The highest BCUT2D eigenvalue weighted by atomic mass is 19.1. The van der Waals surface area contributed by atoms with Crippen LogP contribution in [0.25, 0.3) is 0 Å². The topological polar surface area (TPSA) is 45.4 Å². The number of rotatable bonds is 2. The average Bonchev–Trinajstić information content (AvgIpc) is 2.49. The summed E-state index contributed by atoms with van der Waals surface area (Å²) in [4.78, 5) is 8.53. The Morgan fingerprint density at radius 1 is 0.950 bits per heavy atom. The number of nitrogens with zero attached hydrogens (tertiary/aromatic N) is 3. The molecule has 2 heterocycles. The summed E-state index contributed by atoms with van der Waals surface area (Å²) in [7, 11) is 0. The van der Waals surface area contributed by atoms with Gasteiger partial charge < -0.3 is 15.5 Å².